The van der Waals surface area contributed by atoms with Crippen molar-refractivity contribution in [2.24, 2.45) is 0 Å². The van der Waals surface area contributed by atoms with Crippen molar-refractivity contribution in [3.8, 4) is 0 Å². The minimum Gasteiger partial charge on any atom is -0.451 e. The molecule has 1 N–H and O–H groups in total. The van der Waals surface area contributed by atoms with Gasteiger partial charge in [0.1, 0.15) is 0 Å². The molecule has 0 saturated heterocycles. The number of rotatable bonds is 6. The van der Waals surface area contributed by atoms with E-state index in [-0.39, 0.29) is 17.3 Å². The summed E-state index contributed by atoms with van der Waals surface area (Å²) in [5.41, 5.74) is 2.44. The van der Waals surface area contributed by atoms with Crippen LogP contribution < -0.4 is 5.32 Å². The molecular formula is C24H20BrNO4. The van der Waals surface area contributed by atoms with Gasteiger partial charge < -0.3 is 10.1 Å². The van der Waals surface area contributed by atoms with Gasteiger partial charge in [-0.05, 0) is 50.2 Å². The summed E-state index contributed by atoms with van der Waals surface area (Å²) in [4.78, 5) is 37.8. The van der Waals surface area contributed by atoms with Crippen LogP contribution in [0.2, 0.25) is 0 Å². The highest BCUT2D eigenvalue weighted by Gasteiger charge is 2.22. The highest BCUT2D eigenvalue weighted by Crippen LogP contribution is 2.20. The standard InChI is InChI=1S/C24H20BrNO4/c1-15-7-9-17(10-8-15)22(27)16(2)30-24(29)20-5-3-4-6-21(20)26-23(28)18-11-13-19(25)14-12-18/h3-14,16H,1-2H3,(H,26,28). The first kappa shape index (κ1) is 21.5. The lowest BCUT2D eigenvalue weighted by Crippen LogP contribution is -2.25. The zero-order valence-corrected chi connectivity index (χ0v) is 18.1. The van der Waals surface area contributed by atoms with E-state index in [0.29, 0.717) is 16.8 Å². The Bertz CT molecular complexity index is 1080. The Balaban J connectivity index is 1.73. The van der Waals surface area contributed by atoms with Gasteiger partial charge in [0.05, 0.1) is 11.3 Å². The van der Waals surface area contributed by atoms with Crippen molar-refractivity contribution < 1.29 is 19.1 Å². The van der Waals surface area contributed by atoms with Gasteiger partial charge in [0.15, 0.2) is 6.10 Å². The molecule has 30 heavy (non-hydrogen) atoms. The highest BCUT2D eigenvalue weighted by atomic mass is 79.9. The van der Waals surface area contributed by atoms with E-state index in [4.69, 9.17) is 4.74 Å². The van der Waals surface area contributed by atoms with Gasteiger partial charge in [-0.25, -0.2) is 4.79 Å². The van der Waals surface area contributed by atoms with Crippen LogP contribution >= 0.6 is 15.9 Å². The van der Waals surface area contributed by atoms with Crippen molar-refractivity contribution >= 4 is 39.3 Å². The lowest BCUT2D eigenvalue weighted by Gasteiger charge is -2.15. The summed E-state index contributed by atoms with van der Waals surface area (Å²) >= 11 is 3.33. The first-order valence-corrected chi connectivity index (χ1v) is 10.1. The minimum atomic E-state index is -0.963. The van der Waals surface area contributed by atoms with Crippen LogP contribution in [-0.4, -0.2) is 23.8 Å². The van der Waals surface area contributed by atoms with Crippen LogP contribution in [0.5, 0.6) is 0 Å². The minimum absolute atomic E-state index is 0.173. The molecule has 0 bridgehead atoms. The van der Waals surface area contributed by atoms with E-state index in [1.165, 1.54) is 6.92 Å². The summed E-state index contributed by atoms with van der Waals surface area (Å²) in [7, 11) is 0. The van der Waals surface area contributed by atoms with Crippen LogP contribution in [0.1, 0.15) is 43.6 Å². The number of Topliss-reactive ketones (excluding diaryl/α,β-unsaturated/α-hetero) is 1. The summed E-state index contributed by atoms with van der Waals surface area (Å²) in [5.74, 6) is -1.33. The number of para-hydroxylation sites is 1. The average Bonchev–Trinajstić information content (AvgIpc) is 2.74. The van der Waals surface area contributed by atoms with Gasteiger partial charge in [-0.1, -0.05) is 57.9 Å². The zero-order chi connectivity index (χ0) is 21.7. The second kappa shape index (κ2) is 9.50. The van der Waals surface area contributed by atoms with E-state index in [0.717, 1.165) is 10.0 Å². The summed E-state index contributed by atoms with van der Waals surface area (Å²) in [5, 5.41) is 2.73. The summed E-state index contributed by atoms with van der Waals surface area (Å²) in [6.45, 7) is 3.46. The Hall–Kier alpha value is -3.25. The average molecular weight is 466 g/mol. The predicted molar refractivity (Wildman–Crippen MR) is 119 cm³/mol. The fourth-order valence-corrected chi connectivity index (χ4v) is 3.06. The number of carbonyl (C=O) groups is 3. The van der Waals surface area contributed by atoms with Crippen LogP contribution in [0.3, 0.4) is 0 Å². The van der Waals surface area contributed by atoms with Gasteiger partial charge in [0.25, 0.3) is 5.91 Å². The normalized spacial score (nSPS) is 11.4. The van der Waals surface area contributed by atoms with E-state index in [1.54, 1.807) is 60.7 Å². The molecule has 5 nitrogen and oxygen atoms in total. The third-order valence-corrected chi connectivity index (χ3v) is 5.02. The number of ketones is 1. The van der Waals surface area contributed by atoms with Gasteiger partial charge in [-0.15, -0.1) is 0 Å². The number of hydrogen-bond acceptors (Lipinski definition) is 4. The molecular weight excluding hydrogens is 446 g/mol. The van der Waals surface area contributed by atoms with Crippen molar-refractivity contribution in [2.45, 2.75) is 20.0 Å². The molecule has 3 aromatic carbocycles. The quantitative estimate of drug-likeness (QED) is 0.388. The first-order chi connectivity index (χ1) is 14.3. The molecule has 152 valence electrons. The lowest BCUT2D eigenvalue weighted by atomic mass is 10.1. The number of ether oxygens (including phenoxy) is 1. The third kappa shape index (κ3) is 5.21. The van der Waals surface area contributed by atoms with Crippen LogP contribution in [-0.2, 0) is 4.74 Å². The van der Waals surface area contributed by atoms with Crippen molar-refractivity contribution in [3.05, 3.63) is 99.5 Å². The molecule has 0 saturated carbocycles. The van der Waals surface area contributed by atoms with E-state index < -0.39 is 12.1 Å². The monoisotopic (exact) mass is 465 g/mol. The zero-order valence-electron chi connectivity index (χ0n) is 16.5. The number of benzene rings is 3. The molecule has 0 fully saturated rings. The maximum atomic E-state index is 12.7. The summed E-state index contributed by atoms with van der Waals surface area (Å²) in [6, 6.07) is 20.4. The number of esters is 1. The topological polar surface area (TPSA) is 72.5 Å². The van der Waals surface area contributed by atoms with Crippen molar-refractivity contribution in [2.75, 3.05) is 5.32 Å². The largest absolute Gasteiger partial charge is 0.451 e. The Labute approximate surface area is 183 Å². The van der Waals surface area contributed by atoms with Crippen LogP contribution in [0.25, 0.3) is 0 Å². The Morgan fingerprint density at radius 2 is 1.47 bits per heavy atom. The molecule has 0 radical (unpaired) electrons. The predicted octanol–water partition coefficient (Wildman–Crippen LogP) is 5.44. The SMILES string of the molecule is Cc1ccc(C(=O)C(C)OC(=O)c2ccccc2NC(=O)c2ccc(Br)cc2)cc1. The molecule has 1 atom stereocenters. The number of aryl methyl sites for hydroxylation is 1. The molecule has 3 aromatic rings. The van der Waals surface area contributed by atoms with E-state index in [9.17, 15) is 14.4 Å². The number of anilines is 1. The number of halogens is 1. The van der Waals surface area contributed by atoms with Crippen molar-refractivity contribution in [3.63, 3.8) is 0 Å². The third-order valence-electron chi connectivity index (χ3n) is 4.49. The fourth-order valence-electron chi connectivity index (χ4n) is 2.80. The van der Waals surface area contributed by atoms with Crippen molar-refractivity contribution in [1.29, 1.82) is 0 Å². The van der Waals surface area contributed by atoms with Gasteiger partial charge in [-0.3, -0.25) is 9.59 Å². The number of nitrogens with one attached hydrogen (secondary N) is 1. The molecule has 0 aromatic heterocycles. The smallest absolute Gasteiger partial charge is 0.340 e. The fraction of sp³-hybridized carbons (Fsp3) is 0.125. The molecule has 0 aliphatic heterocycles. The summed E-state index contributed by atoms with van der Waals surface area (Å²) in [6.07, 6.45) is -0.963. The van der Waals surface area contributed by atoms with E-state index >= 15 is 0 Å². The molecule has 1 amide bonds. The maximum absolute atomic E-state index is 12.7. The van der Waals surface area contributed by atoms with Crippen LogP contribution in [0.15, 0.2) is 77.3 Å². The van der Waals surface area contributed by atoms with Crippen LogP contribution in [0, 0.1) is 6.92 Å². The Kier molecular flexibility index (Phi) is 6.79. The first-order valence-electron chi connectivity index (χ1n) is 9.33. The molecule has 0 aliphatic carbocycles. The second-order valence-corrected chi connectivity index (χ2v) is 7.70. The highest BCUT2D eigenvalue weighted by molar-refractivity contribution is 9.10. The van der Waals surface area contributed by atoms with Gasteiger partial charge in [-0.2, -0.15) is 0 Å². The van der Waals surface area contributed by atoms with Crippen molar-refractivity contribution in [1.82, 2.24) is 0 Å². The molecule has 6 heteroatoms. The molecule has 3 rings (SSSR count). The Morgan fingerprint density at radius 1 is 0.867 bits per heavy atom. The molecule has 0 heterocycles. The van der Waals surface area contributed by atoms with E-state index in [2.05, 4.69) is 21.2 Å². The van der Waals surface area contributed by atoms with Gasteiger partial charge in [0.2, 0.25) is 5.78 Å². The number of carbonyl (C=O) groups excluding carboxylic acids is 3. The molecule has 0 aliphatic rings. The summed E-state index contributed by atoms with van der Waals surface area (Å²) < 4.78 is 6.24. The Morgan fingerprint density at radius 3 is 2.13 bits per heavy atom. The van der Waals surface area contributed by atoms with Gasteiger partial charge in [0, 0.05) is 15.6 Å². The molecule has 1 unspecified atom stereocenters. The maximum Gasteiger partial charge on any atom is 0.340 e. The van der Waals surface area contributed by atoms with Crippen LogP contribution in [0.4, 0.5) is 5.69 Å². The van der Waals surface area contributed by atoms with Gasteiger partial charge >= 0.3 is 5.97 Å². The lowest BCUT2D eigenvalue weighted by molar-refractivity contribution is 0.0320. The number of hydrogen-bond donors (Lipinski definition) is 1. The second-order valence-electron chi connectivity index (χ2n) is 6.78. The molecule has 0 spiro atoms. The van der Waals surface area contributed by atoms with E-state index in [1.807, 2.05) is 19.1 Å². The number of amides is 1.